The van der Waals surface area contributed by atoms with E-state index in [-0.39, 0.29) is 5.56 Å². The van der Waals surface area contributed by atoms with Crippen molar-refractivity contribution in [2.75, 3.05) is 0 Å². The van der Waals surface area contributed by atoms with E-state index >= 15 is 0 Å². The third-order valence-corrected chi connectivity index (χ3v) is 4.88. The highest BCUT2D eigenvalue weighted by Gasteiger charge is 2.14. The van der Waals surface area contributed by atoms with Crippen molar-refractivity contribution < 1.29 is 14.3 Å². The number of aromatic nitrogens is 2. The highest BCUT2D eigenvalue weighted by molar-refractivity contribution is 5.96. The number of H-pyrrole nitrogens is 1. The molecule has 0 fully saturated rings. The van der Waals surface area contributed by atoms with Crippen LogP contribution < -0.4 is 0 Å². The van der Waals surface area contributed by atoms with Gasteiger partial charge in [-0.25, -0.2) is 14.2 Å². The molecular weight excluding hydrogens is 343 g/mol. The Morgan fingerprint density at radius 1 is 1.00 bits per heavy atom. The summed E-state index contributed by atoms with van der Waals surface area (Å²) < 4.78 is 14.1. The first-order chi connectivity index (χ1) is 12.9. The summed E-state index contributed by atoms with van der Waals surface area (Å²) in [6, 6.07) is 12.4. The van der Waals surface area contributed by atoms with Gasteiger partial charge < -0.3 is 10.1 Å². The Morgan fingerprint density at radius 3 is 2.48 bits per heavy atom. The second-order valence-corrected chi connectivity index (χ2v) is 6.62. The number of rotatable bonds is 3. The molecule has 2 aromatic carbocycles. The Balaban J connectivity index is 1.84. The number of halogens is 1. The summed E-state index contributed by atoms with van der Waals surface area (Å²) in [6.45, 7) is 4.14. The molecule has 4 nitrogen and oxygen atoms in total. The minimum absolute atomic E-state index is 0.340. The summed E-state index contributed by atoms with van der Waals surface area (Å²) in [6.07, 6.45) is 3.57. The summed E-state index contributed by atoms with van der Waals surface area (Å²) >= 11 is 0. The van der Waals surface area contributed by atoms with E-state index < -0.39 is 11.8 Å². The fourth-order valence-corrected chi connectivity index (χ4v) is 3.18. The highest BCUT2D eigenvalue weighted by Crippen LogP contribution is 2.32. The highest BCUT2D eigenvalue weighted by atomic mass is 19.1. The number of aromatic carboxylic acids is 1. The fourth-order valence-electron chi connectivity index (χ4n) is 3.18. The molecule has 0 spiro atoms. The van der Waals surface area contributed by atoms with Gasteiger partial charge in [-0.2, -0.15) is 0 Å². The second kappa shape index (κ2) is 6.36. The molecule has 0 saturated carbocycles. The van der Waals surface area contributed by atoms with E-state index in [4.69, 9.17) is 5.11 Å². The lowest BCUT2D eigenvalue weighted by molar-refractivity contribution is 0.0692. The topological polar surface area (TPSA) is 66.0 Å². The Morgan fingerprint density at radius 2 is 1.78 bits per heavy atom. The molecule has 2 aromatic heterocycles. The van der Waals surface area contributed by atoms with Crippen LogP contribution in [0.15, 0.2) is 54.9 Å². The summed E-state index contributed by atoms with van der Waals surface area (Å²) in [7, 11) is 0. The number of hydrogen-bond donors (Lipinski definition) is 2. The number of benzene rings is 2. The monoisotopic (exact) mass is 360 g/mol. The molecule has 0 unspecified atom stereocenters. The maximum absolute atomic E-state index is 14.1. The Bertz CT molecular complexity index is 1190. The quantitative estimate of drug-likeness (QED) is 0.517. The molecule has 0 radical (unpaired) electrons. The van der Waals surface area contributed by atoms with Gasteiger partial charge in [0.2, 0.25) is 0 Å². The summed E-state index contributed by atoms with van der Waals surface area (Å²) in [5, 5.41) is 9.86. The molecule has 2 heterocycles. The van der Waals surface area contributed by atoms with Crippen LogP contribution in [0.3, 0.4) is 0 Å². The maximum Gasteiger partial charge on any atom is 0.338 e. The molecule has 0 aliphatic carbocycles. The van der Waals surface area contributed by atoms with Gasteiger partial charge in [0, 0.05) is 28.9 Å². The zero-order valence-electron chi connectivity index (χ0n) is 14.9. The summed E-state index contributed by atoms with van der Waals surface area (Å²) in [5.74, 6) is -2.04. The van der Waals surface area contributed by atoms with E-state index in [0.29, 0.717) is 11.2 Å². The number of hydrogen-bond acceptors (Lipinski definition) is 2. The standard InChI is InChI=1S/C22H17FN2O2/c1-12-3-4-14(7-13(12)2)16-8-18-19(11-25-21(18)24-10-16)15-5-6-17(22(26)27)20(23)9-15/h3-11H,1-2H3,(H,24,25)(H,26,27). The number of aromatic amines is 1. The average Bonchev–Trinajstić information content (AvgIpc) is 3.06. The minimum atomic E-state index is -1.28. The number of carbonyl (C=O) groups is 1. The predicted molar refractivity (Wildman–Crippen MR) is 103 cm³/mol. The third kappa shape index (κ3) is 2.97. The van der Waals surface area contributed by atoms with Gasteiger partial charge in [-0.3, -0.25) is 0 Å². The van der Waals surface area contributed by atoms with Gasteiger partial charge in [-0.15, -0.1) is 0 Å². The first kappa shape index (κ1) is 17.0. The van der Waals surface area contributed by atoms with Crippen molar-refractivity contribution in [2.24, 2.45) is 0 Å². The van der Waals surface area contributed by atoms with Gasteiger partial charge in [-0.05, 0) is 54.3 Å². The molecule has 0 atom stereocenters. The largest absolute Gasteiger partial charge is 0.478 e. The van der Waals surface area contributed by atoms with Gasteiger partial charge in [0.05, 0.1) is 5.56 Å². The molecule has 0 amide bonds. The van der Waals surface area contributed by atoms with Gasteiger partial charge in [-0.1, -0.05) is 24.3 Å². The van der Waals surface area contributed by atoms with Crippen LogP contribution in [0.1, 0.15) is 21.5 Å². The van der Waals surface area contributed by atoms with Crippen molar-refractivity contribution in [1.82, 2.24) is 9.97 Å². The van der Waals surface area contributed by atoms with Crippen LogP contribution in [0.2, 0.25) is 0 Å². The van der Waals surface area contributed by atoms with E-state index in [9.17, 15) is 9.18 Å². The van der Waals surface area contributed by atoms with Crippen molar-refractivity contribution in [3.63, 3.8) is 0 Å². The summed E-state index contributed by atoms with van der Waals surface area (Å²) in [4.78, 5) is 18.6. The number of nitrogens with one attached hydrogen (secondary N) is 1. The minimum Gasteiger partial charge on any atom is -0.478 e. The molecule has 2 N–H and O–H groups in total. The van der Waals surface area contributed by atoms with Gasteiger partial charge in [0.1, 0.15) is 11.5 Å². The fraction of sp³-hybridized carbons (Fsp3) is 0.0909. The Labute approximate surface area is 155 Å². The molecule has 5 heteroatoms. The SMILES string of the molecule is Cc1ccc(-c2cnc3[nH]cc(-c4ccc(C(=O)O)c(F)c4)c3c2)cc1C. The van der Waals surface area contributed by atoms with Gasteiger partial charge in [0.15, 0.2) is 0 Å². The third-order valence-electron chi connectivity index (χ3n) is 4.88. The predicted octanol–water partition coefficient (Wildman–Crippen LogP) is 5.35. The lowest BCUT2D eigenvalue weighted by Crippen LogP contribution is -2.00. The van der Waals surface area contributed by atoms with Gasteiger partial charge in [0.25, 0.3) is 0 Å². The number of carboxylic acid groups (broad SMARTS) is 1. The maximum atomic E-state index is 14.1. The first-order valence-corrected chi connectivity index (χ1v) is 8.52. The van der Waals surface area contributed by atoms with Crippen LogP contribution >= 0.6 is 0 Å². The molecule has 0 aliphatic rings. The van der Waals surface area contributed by atoms with E-state index in [1.54, 1.807) is 18.5 Å². The van der Waals surface area contributed by atoms with Crippen LogP contribution in [0.4, 0.5) is 4.39 Å². The molecule has 4 aromatic rings. The molecule has 27 heavy (non-hydrogen) atoms. The van der Waals surface area contributed by atoms with Crippen molar-refractivity contribution in [3.8, 4) is 22.3 Å². The van der Waals surface area contributed by atoms with E-state index in [1.165, 1.54) is 23.3 Å². The molecular formula is C22H17FN2O2. The molecule has 0 saturated heterocycles. The van der Waals surface area contributed by atoms with E-state index in [0.717, 1.165) is 22.1 Å². The van der Waals surface area contributed by atoms with Crippen molar-refractivity contribution in [1.29, 1.82) is 0 Å². The van der Waals surface area contributed by atoms with Crippen LogP contribution in [-0.2, 0) is 0 Å². The average molecular weight is 360 g/mol. The number of pyridine rings is 1. The van der Waals surface area contributed by atoms with Crippen LogP contribution in [0.5, 0.6) is 0 Å². The molecule has 0 aliphatic heterocycles. The smallest absolute Gasteiger partial charge is 0.338 e. The first-order valence-electron chi connectivity index (χ1n) is 8.52. The number of aryl methyl sites for hydroxylation is 2. The molecule has 0 bridgehead atoms. The van der Waals surface area contributed by atoms with Crippen LogP contribution in [0.25, 0.3) is 33.3 Å². The normalized spacial score (nSPS) is 11.1. The zero-order chi connectivity index (χ0) is 19.1. The number of fused-ring (bicyclic) bond motifs is 1. The van der Waals surface area contributed by atoms with Crippen LogP contribution in [0, 0.1) is 19.7 Å². The van der Waals surface area contributed by atoms with Gasteiger partial charge >= 0.3 is 5.97 Å². The number of carboxylic acids is 1. The number of nitrogens with zero attached hydrogens (tertiary/aromatic N) is 1. The van der Waals surface area contributed by atoms with E-state index in [1.807, 2.05) is 6.07 Å². The summed E-state index contributed by atoms with van der Waals surface area (Å²) in [5.41, 5.74) is 6.19. The van der Waals surface area contributed by atoms with Crippen molar-refractivity contribution >= 4 is 17.0 Å². The Hall–Kier alpha value is -3.47. The molecule has 4 rings (SSSR count). The van der Waals surface area contributed by atoms with Crippen molar-refractivity contribution in [2.45, 2.75) is 13.8 Å². The lowest BCUT2D eigenvalue weighted by Gasteiger charge is -2.07. The van der Waals surface area contributed by atoms with Crippen molar-refractivity contribution in [3.05, 3.63) is 77.4 Å². The van der Waals surface area contributed by atoms with E-state index in [2.05, 4.69) is 42.0 Å². The Kier molecular flexibility index (Phi) is 4.00. The van der Waals surface area contributed by atoms with Crippen LogP contribution in [-0.4, -0.2) is 21.0 Å². The molecule has 134 valence electrons. The lowest BCUT2D eigenvalue weighted by atomic mass is 9.99. The second-order valence-electron chi connectivity index (χ2n) is 6.62. The zero-order valence-corrected chi connectivity index (χ0v) is 14.9.